The van der Waals surface area contributed by atoms with Gasteiger partial charge in [0.1, 0.15) is 0 Å². The second-order valence-electron chi connectivity index (χ2n) is 4.19. The van der Waals surface area contributed by atoms with Crippen molar-refractivity contribution in [1.29, 1.82) is 0 Å². The summed E-state index contributed by atoms with van der Waals surface area (Å²) in [6.07, 6.45) is 2.36. The molecule has 0 atom stereocenters. The highest BCUT2D eigenvalue weighted by atomic mass is 79.9. The highest BCUT2D eigenvalue weighted by Crippen LogP contribution is 2.17. The minimum atomic E-state index is -0.206. The predicted molar refractivity (Wildman–Crippen MR) is 82.2 cm³/mol. The Kier molecular flexibility index (Phi) is 5.09. The molecule has 0 aliphatic heterocycles. The lowest BCUT2D eigenvalue weighted by molar-refractivity contribution is 0.0954. The normalized spacial score (nSPS) is 10.1. The van der Waals surface area contributed by atoms with Gasteiger partial charge in [0.2, 0.25) is 0 Å². The van der Waals surface area contributed by atoms with Crippen molar-refractivity contribution >= 4 is 27.7 Å². The van der Waals surface area contributed by atoms with Crippen LogP contribution in [0.3, 0.4) is 0 Å². The first-order valence-electron chi connectivity index (χ1n) is 6.15. The molecule has 0 aliphatic rings. The Morgan fingerprint density at radius 3 is 2.75 bits per heavy atom. The van der Waals surface area contributed by atoms with Crippen LogP contribution in [0.1, 0.15) is 15.9 Å². The number of nitrogen functional groups attached to an aromatic ring is 1. The van der Waals surface area contributed by atoms with Crippen molar-refractivity contribution in [3.05, 3.63) is 58.2 Å². The van der Waals surface area contributed by atoms with Crippen LogP contribution in [0.5, 0.6) is 0 Å². The van der Waals surface area contributed by atoms with E-state index in [0.717, 1.165) is 10.9 Å². The molecule has 0 radical (unpaired) electrons. The molecule has 0 fully saturated rings. The van der Waals surface area contributed by atoms with Gasteiger partial charge >= 0.3 is 0 Å². The van der Waals surface area contributed by atoms with Crippen LogP contribution in [0.4, 0.5) is 5.82 Å². The van der Waals surface area contributed by atoms with Gasteiger partial charge in [0.05, 0.1) is 5.56 Å². The van der Waals surface area contributed by atoms with E-state index in [1.54, 1.807) is 12.3 Å². The number of benzene rings is 1. The highest BCUT2D eigenvalue weighted by molar-refractivity contribution is 9.10. The number of pyridine rings is 1. The number of hydrogen-bond acceptors (Lipinski definition) is 4. The fraction of sp³-hybridized carbons (Fsp3) is 0.143. The van der Waals surface area contributed by atoms with E-state index < -0.39 is 0 Å². The van der Waals surface area contributed by atoms with Crippen LogP contribution in [0.2, 0.25) is 0 Å². The summed E-state index contributed by atoms with van der Waals surface area (Å²) in [7, 11) is 0. The summed E-state index contributed by atoms with van der Waals surface area (Å²) in [4.78, 5) is 16.1. The lowest BCUT2D eigenvalue weighted by atomic mass is 10.1. The van der Waals surface area contributed by atoms with Gasteiger partial charge in [-0.05, 0) is 34.0 Å². The molecule has 4 N–H and O–H groups in total. The quantitative estimate of drug-likeness (QED) is 0.577. The van der Waals surface area contributed by atoms with E-state index in [-0.39, 0.29) is 5.91 Å². The molecule has 2 aromatic rings. The molecule has 5 nitrogen and oxygen atoms in total. The number of hydrazine groups is 1. The Labute approximate surface area is 125 Å². The zero-order chi connectivity index (χ0) is 14.4. The number of anilines is 1. The number of aromatic nitrogens is 1. The van der Waals surface area contributed by atoms with Crippen LogP contribution in [0, 0.1) is 0 Å². The summed E-state index contributed by atoms with van der Waals surface area (Å²) in [5, 5.41) is 2.85. The van der Waals surface area contributed by atoms with Crippen molar-refractivity contribution in [3.8, 4) is 0 Å². The molecule has 1 heterocycles. The monoisotopic (exact) mass is 334 g/mol. The largest absolute Gasteiger partial charge is 0.352 e. The molecule has 20 heavy (non-hydrogen) atoms. The summed E-state index contributed by atoms with van der Waals surface area (Å²) in [5.74, 6) is 5.50. The topological polar surface area (TPSA) is 80.0 Å². The molecule has 0 spiro atoms. The van der Waals surface area contributed by atoms with E-state index in [4.69, 9.17) is 5.84 Å². The van der Waals surface area contributed by atoms with E-state index in [0.29, 0.717) is 17.9 Å². The first-order chi connectivity index (χ1) is 9.70. The lowest BCUT2D eigenvalue weighted by Gasteiger charge is -2.09. The Hall–Kier alpha value is -1.92. The van der Waals surface area contributed by atoms with E-state index in [1.165, 1.54) is 5.56 Å². The summed E-state index contributed by atoms with van der Waals surface area (Å²) in [5.41, 5.74) is 4.01. The van der Waals surface area contributed by atoms with Crippen molar-refractivity contribution in [2.75, 3.05) is 12.0 Å². The maximum Gasteiger partial charge on any atom is 0.255 e. The third kappa shape index (κ3) is 3.79. The van der Waals surface area contributed by atoms with Crippen LogP contribution in [-0.4, -0.2) is 17.4 Å². The minimum Gasteiger partial charge on any atom is -0.352 e. The van der Waals surface area contributed by atoms with Gasteiger partial charge < -0.3 is 10.7 Å². The Balaban J connectivity index is 1.97. The molecule has 0 unspecified atom stereocenters. The average Bonchev–Trinajstić information content (AvgIpc) is 2.48. The lowest BCUT2D eigenvalue weighted by Crippen LogP contribution is -2.27. The van der Waals surface area contributed by atoms with Gasteiger partial charge in [-0.3, -0.25) is 4.79 Å². The second-order valence-corrected chi connectivity index (χ2v) is 5.10. The number of halogens is 1. The number of carbonyl (C=O) groups excluding carboxylic acids is 1. The maximum atomic E-state index is 12.1. The number of nitrogens with one attached hydrogen (secondary N) is 2. The van der Waals surface area contributed by atoms with Gasteiger partial charge in [-0.2, -0.15) is 0 Å². The number of carbonyl (C=O) groups is 1. The van der Waals surface area contributed by atoms with Crippen molar-refractivity contribution in [1.82, 2.24) is 10.3 Å². The third-order valence-electron chi connectivity index (χ3n) is 2.78. The molecule has 0 saturated carbocycles. The van der Waals surface area contributed by atoms with Crippen molar-refractivity contribution in [2.24, 2.45) is 5.84 Å². The van der Waals surface area contributed by atoms with Gasteiger partial charge in [0, 0.05) is 17.2 Å². The molecule has 1 aromatic heterocycles. The van der Waals surface area contributed by atoms with Gasteiger partial charge in [-0.1, -0.05) is 30.3 Å². The Morgan fingerprint density at radius 2 is 2.05 bits per heavy atom. The van der Waals surface area contributed by atoms with Crippen LogP contribution in [-0.2, 0) is 6.42 Å². The van der Waals surface area contributed by atoms with E-state index in [2.05, 4.69) is 31.7 Å². The van der Waals surface area contributed by atoms with E-state index in [9.17, 15) is 4.79 Å². The molecule has 0 bridgehead atoms. The molecule has 1 amide bonds. The number of amides is 1. The molecule has 1 aromatic carbocycles. The molecule has 104 valence electrons. The fourth-order valence-electron chi connectivity index (χ4n) is 1.79. The van der Waals surface area contributed by atoms with Gasteiger partial charge in [-0.15, -0.1) is 0 Å². The standard InChI is InChI=1S/C14H15BrN4O/c15-11-8-12(13(19-16)18-9-11)14(20)17-7-6-10-4-2-1-3-5-10/h1-5,8-9H,6-7,16H2,(H,17,20)(H,18,19). The van der Waals surface area contributed by atoms with Crippen molar-refractivity contribution < 1.29 is 4.79 Å². The summed E-state index contributed by atoms with van der Waals surface area (Å²) < 4.78 is 0.727. The highest BCUT2D eigenvalue weighted by Gasteiger charge is 2.12. The Morgan fingerprint density at radius 1 is 1.30 bits per heavy atom. The average molecular weight is 335 g/mol. The third-order valence-corrected chi connectivity index (χ3v) is 3.21. The fourth-order valence-corrected chi connectivity index (χ4v) is 2.12. The maximum absolute atomic E-state index is 12.1. The molecular weight excluding hydrogens is 320 g/mol. The summed E-state index contributed by atoms with van der Waals surface area (Å²) in [6.45, 7) is 0.555. The molecule has 6 heteroatoms. The zero-order valence-electron chi connectivity index (χ0n) is 10.8. The SMILES string of the molecule is NNc1ncc(Br)cc1C(=O)NCCc1ccccc1. The number of rotatable bonds is 5. The number of hydrogen-bond donors (Lipinski definition) is 3. The first-order valence-corrected chi connectivity index (χ1v) is 6.94. The smallest absolute Gasteiger partial charge is 0.255 e. The Bertz CT molecular complexity index is 589. The first kappa shape index (κ1) is 14.5. The zero-order valence-corrected chi connectivity index (χ0v) is 12.4. The molecule has 0 saturated heterocycles. The van der Waals surface area contributed by atoms with Gasteiger partial charge in [0.25, 0.3) is 5.91 Å². The number of nitrogens with zero attached hydrogens (tertiary/aromatic N) is 1. The predicted octanol–water partition coefficient (Wildman–Crippen LogP) is 2.10. The van der Waals surface area contributed by atoms with Gasteiger partial charge in [0.15, 0.2) is 5.82 Å². The summed E-state index contributed by atoms with van der Waals surface area (Å²) >= 11 is 3.29. The summed E-state index contributed by atoms with van der Waals surface area (Å²) in [6, 6.07) is 11.7. The molecular formula is C14H15BrN4O. The van der Waals surface area contributed by atoms with Crippen LogP contribution < -0.4 is 16.6 Å². The van der Waals surface area contributed by atoms with Crippen LogP contribution in [0.25, 0.3) is 0 Å². The van der Waals surface area contributed by atoms with Crippen LogP contribution >= 0.6 is 15.9 Å². The second kappa shape index (κ2) is 7.02. The number of nitrogens with two attached hydrogens (primary N) is 1. The van der Waals surface area contributed by atoms with E-state index >= 15 is 0 Å². The minimum absolute atomic E-state index is 0.206. The van der Waals surface area contributed by atoms with Crippen LogP contribution in [0.15, 0.2) is 47.1 Å². The van der Waals surface area contributed by atoms with E-state index in [1.807, 2.05) is 30.3 Å². The van der Waals surface area contributed by atoms with Crippen molar-refractivity contribution in [3.63, 3.8) is 0 Å². The molecule has 2 rings (SSSR count). The molecule has 0 aliphatic carbocycles. The van der Waals surface area contributed by atoms with Gasteiger partial charge in [-0.25, -0.2) is 10.8 Å². The van der Waals surface area contributed by atoms with Crippen molar-refractivity contribution in [2.45, 2.75) is 6.42 Å².